The zero-order chi connectivity index (χ0) is 15.1. The molecule has 0 aromatic heterocycles. The van der Waals surface area contributed by atoms with Crippen LogP contribution < -0.4 is 19.5 Å². The SMILES string of the molecule is CCC(NCc1cc(OC)c(OC)c(OC)c1)C(=O)O. The fourth-order valence-electron chi connectivity index (χ4n) is 1.88. The van der Waals surface area contributed by atoms with Gasteiger partial charge in [-0.2, -0.15) is 0 Å². The van der Waals surface area contributed by atoms with Crippen molar-refractivity contribution in [3.05, 3.63) is 17.7 Å². The monoisotopic (exact) mass is 283 g/mol. The van der Waals surface area contributed by atoms with Crippen molar-refractivity contribution in [1.82, 2.24) is 5.32 Å². The van der Waals surface area contributed by atoms with Crippen LogP contribution in [0.15, 0.2) is 12.1 Å². The highest BCUT2D eigenvalue weighted by Gasteiger charge is 2.16. The Hall–Kier alpha value is -1.95. The van der Waals surface area contributed by atoms with Gasteiger partial charge in [0.25, 0.3) is 0 Å². The molecule has 112 valence electrons. The number of carboxylic acids is 1. The van der Waals surface area contributed by atoms with E-state index in [0.717, 1.165) is 5.56 Å². The van der Waals surface area contributed by atoms with E-state index in [1.165, 1.54) is 7.11 Å². The van der Waals surface area contributed by atoms with Crippen LogP contribution in [0.5, 0.6) is 17.2 Å². The molecule has 0 bridgehead atoms. The zero-order valence-corrected chi connectivity index (χ0v) is 12.2. The Morgan fingerprint density at radius 1 is 1.20 bits per heavy atom. The van der Waals surface area contributed by atoms with Crippen LogP contribution in [0.1, 0.15) is 18.9 Å². The predicted molar refractivity (Wildman–Crippen MR) is 74.7 cm³/mol. The third kappa shape index (κ3) is 3.77. The molecule has 1 aromatic carbocycles. The number of hydrogen-bond donors (Lipinski definition) is 2. The highest BCUT2D eigenvalue weighted by Crippen LogP contribution is 2.38. The fourth-order valence-corrected chi connectivity index (χ4v) is 1.88. The first-order valence-electron chi connectivity index (χ1n) is 6.32. The Labute approximate surface area is 118 Å². The van der Waals surface area contributed by atoms with Gasteiger partial charge >= 0.3 is 5.97 Å². The minimum absolute atomic E-state index is 0.404. The highest BCUT2D eigenvalue weighted by molar-refractivity contribution is 5.73. The topological polar surface area (TPSA) is 77.0 Å². The second-order valence-electron chi connectivity index (χ2n) is 4.21. The van der Waals surface area contributed by atoms with Gasteiger partial charge in [-0.05, 0) is 24.1 Å². The molecule has 0 saturated heterocycles. The second-order valence-corrected chi connectivity index (χ2v) is 4.21. The van der Waals surface area contributed by atoms with E-state index in [2.05, 4.69) is 5.32 Å². The van der Waals surface area contributed by atoms with Gasteiger partial charge in [-0.3, -0.25) is 4.79 Å². The quantitative estimate of drug-likeness (QED) is 0.755. The molecule has 0 amide bonds. The first kappa shape index (κ1) is 16.1. The third-order valence-corrected chi connectivity index (χ3v) is 2.98. The molecule has 0 radical (unpaired) electrons. The summed E-state index contributed by atoms with van der Waals surface area (Å²) in [5.41, 5.74) is 0.860. The molecule has 0 aliphatic heterocycles. The number of methoxy groups -OCH3 is 3. The van der Waals surface area contributed by atoms with E-state index >= 15 is 0 Å². The Morgan fingerprint density at radius 3 is 2.10 bits per heavy atom. The van der Waals surface area contributed by atoms with E-state index in [9.17, 15) is 4.79 Å². The van der Waals surface area contributed by atoms with E-state index in [-0.39, 0.29) is 0 Å². The fraction of sp³-hybridized carbons (Fsp3) is 0.500. The largest absolute Gasteiger partial charge is 0.493 e. The number of rotatable bonds is 8. The lowest BCUT2D eigenvalue weighted by atomic mass is 10.1. The lowest BCUT2D eigenvalue weighted by Gasteiger charge is -2.16. The molecule has 0 aliphatic carbocycles. The Morgan fingerprint density at radius 2 is 1.75 bits per heavy atom. The normalized spacial score (nSPS) is 11.8. The summed E-state index contributed by atoms with van der Waals surface area (Å²) in [7, 11) is 4.62. The summed E-state index contributed by atoms with van der Waals surface area (Å²) >= 11 is 0. The van der Waals surface area contributed by atoms with Gasteiger partial charge < -0.3 is 24.6 Å². The van der Waals surface area contributed by atoms with Crippen LogP contribution in [0.4, 0.5) is 0 Å². The smallest absolute Gasteiger partial charge is 0.320 e. The van der Waals surface area contributed by atoms with Gasteiger partial charge in [0.15, 0.2) is 11.5 Å². The maximum absolute atomic E-state index is 11.0. The van der Waals surface area contributed by atoms with E-state index in [0.29, 0.717) is 30.2 Å². The van der Waals surface area contributed by atoms with Crippen molar-refractivity contribution in [2.45, 2.75) is 25.9 Å². The third-order valence-electron chi connectivity index (χ3n) is 2.98. The summed E-state index contributed by atoms with van der Waals surface area (Å²) in [6.45, 7) is 2.22. The number of aliphatic carboxylic acids is 1. The van der Waals surface area contributed by atoms with Crippen LogP contribution >= 0.6 is 0 Å². The van der Waals surface area contributed by atoms with Crippen molar-refractivity contribution in [1.29, 1.82) is 0 Å². The van der Waals surface area contributed by atoms with Gasteiger partial charge in [0, 0.05) is 6.54 Å². The number of carboxylic acid groups (broad SMARTS) is 1. The molecule has 6 nitrogen and oxygen atoms in total. The molecule has 0 spiro atoms. The number of hydrogen-bond acceptors (Lipinski definition) is 5. The molecule has 1 aromatic rings. The molecule has 20 heavy (non-hydrogen) atoms. The summed E-state index contributed by atoms with van der Waals surface area (Å²) in [4.78, 5) is 11.0. The molecule has 2 N–H and O–H groups in total. The van der Waals surface area contributed by atoms with E-state index < -0.39 is 12.0 Å². The Bertz CT molecular complexity index is 436. The van der Waals surface area contributed by atoms with Gasteiger partial charge in [-0.25, -0.2) is 0 Å². The predicted octanol–water partition coefficient (Wildman–Crippen LogP) is 1.67. The van der Waals surface area contributed by atoms with Crippen LogP contribution in [0.25, 0.3) is 0 Å². The summed E-state index contributed by atoms with van der Waals surface area (Å²) in [5, 5.41) is 12.0. The summed E-state index contributed by atoms with van der Waals surface area (Å²) in [5.74, 6) is 0.753. The van der Waals surface area contributed by atoms with E-state index in [1.807, 2.05) is 6.92 Å². The Balaban J connectivity index is 2.93. The molecule has 1 rings (SSSR count). The van der Waals surface area contributed by atoms with Crippen molar-refractivity contribution in [3.8, 4) is 17.2 Å². The maximum Gasteiger partial charge on any atom is 0.320 e. The second kappa shape index (κ2) is 7.59. The van der Waals surface area contributed by atoms with Crippen molar-refractivity contribution in [3.63, 3.8) is 0 Å². The number of carbonyl (C=O) groups is 1. The van der Waals surface area contributed by atoms with Crippen molar-refractivity contribution in [2.24, 2.45) is 0 Å². The van der Waals surface area contributed by atoms with Crippen molar-refractivity contribution >= 4 is 5.97 Å². The molecule has 6 heteroatoms. The average molecular weight is 283 g/mol. The van der Waals surface area contributed by atoms with Gasteiger partial charge in [0.2, 0.25) is 5.75 Å². The molecule has 0 heterocycles. The van der Waals surface area contributed by atoms with Crippen LogP contribution in [-0.2, 0) is 11.3 Å². The van der Waals surface area contributed by atoms with Gasteiger partial charge in [-0.1, -0.05) is 6.92 Å². The lowest BCUT2D eigenvalue weighted by molar-refractivity contribution is -0.139. The standard InChI is InChI=1S/C14H21NO5/c1-5-10(14(16)17)15-8-9-6-11(18-2)13(20-4)12(7-9)19-3/h6-7,10,15H,5,8H2,1-4H3,(H,16,17). The number of nitrogens with one attached hydrogen (secondary N) is 1. The molecule has 0 fully saturated rings. The van der Waals surface area contributed by atoms with E-state index in [4.69, 9.17) is 19.3 Å². The zero-order valence-electron chi connectivity index (χ0n) is 12.2. The van der Waals surface area contributed by atoms with Gasteiger partial charge in [-0.15, -0.1) is 0 Å². The molecular formula is C14H21NO5. The number of ether oxygens (including phenoxy) is 3. The van der Waals surface area contributed by atoms with Crippen LogP contribution in [0.2, 0.25) is 0 Å². The minimum atomic E-state index is -0.861. The van der Waals surface area contributed by atoms with Gasteiger partial charge in [0.05, 0.1) is 21.3 Å². The van der Waals surface area contributed by atoms with E-state index in [1.54, 1.807) is 26.4 Å². The average Bonchev–Trinajstić information content (AvgIpc) is 2.46. The summed E-state index contributed by atoms with van der Waals surface area (Å²) in [6, 6.07) is 3.01. The number of benzene rings is 1. The highest BCUT2D eigenvalue weighted by atomic mass is 16.5. The Kier molecular flexibility index (Phi) is 6.11. The van der Waals surface area contributed by atoms with Gasteiger partial charge in [0.1, 0.15) is 6.04 Å². The first-order chi connectivity index (χ1) is 9.57. The van der Waals surface area contributed by atoms with Crippen molar-refractivity contribution in [2.75, 3.05) is 21.3 Å². The van der Waals surface area contributed by atoms with Crippen LogP contribution in [-0.4, -0.2) is 38.4 Å². The van der Waals surface area contributed by atoms with Crippen molar-refractivity contribution < 1.29 is 24.1 Å². The molecule has 0 saturated carbocycles. The van der Waals surface area contributed by atoms with Crippen LogP contribution in [0, 0.1) is 0 Å². The molecule has 1 atom stereocenters. The molecular weight excluding hydrogens is 262 g/mol. The first-order valence-corrected chi connectivity index (χ1v) is 6.32. The summed E-state index contributed by atoms with van der Waals surface area (Å²) in [6.07, 6.45) is 0.514. The molecule has 0 aliphatic rings. The summed E-state index contributed by atoms with van der Waals surface area (Å²) < 4.78 is 15.7. The maximum atomic E-state index is 11.0. The minimum Gasteiger partial charge on any atom is -0.493 e. The lowest BCUT2D eigenvalue weighted by Crippen LogP contribution is -2.35. The molecule has 1 unspecified atom stereocenters. The van der Waals surface area contributed by atoms with Crippen LogP contribution in [0.3, 0.4) is 0 Å².